The van der Waals surface area contributed by atoms with Crippen LogP contribution in [0.1, 0.15) is 17.5 Å². The maximum atomic E-state index is 8.63. The number of hydrogen-bond donors (Lipinski definition) is 1. The Balaban J connectivity index is 0.000000302. The van der Waals surface area contributed by atoms with E-state index >= 15 is 0 Å². The quantitative estimate of drug-likeness (QED) is 0.763. The van der Waals surface area contributed by atoms with Gasteiger partial charge in [0.15, 0.2) is 0 Å². The van der Waals surface area contributed by atoms with Gasteiger partial charge in [0.2, 0.25) is 0 Å². The van der Waals surface area contributed by atoms with E-state index in [1.54, 1.807) is 35.4 Å². The van der Waals surface area contributed by atoms with Crippen molar-refractivity contribution in [3.05, 3.63) is 65.7 Å². The van der Waals surface area contributed by atoms with E-state index in [-0.39, 0.29) is 17.0 Å². The normalized spacial score (nSPS) is 11.2. The number of para-hydroxylation sites is 1. The Kier molecular flexibility index (Phi) is 10.6. The summed E-state index contributed by atoms with van der Waals surface area (Å²) in [5.74, 6) is 0.322. The maximum Gasteiger partial charge on any atom is 0.115 e. The lowest BCUT2D eigenvalue weighted by molar-refractivity contribution is 0.475. The van der Waals surface area contributed by atoms with Gasteiger partial charge in [-0.2, -0.15) is 0 Å². The summed E-state index contributed by atoms with van der Waals surface area (Å²) < 4.78 is 0. The number of fused-ring (bicyclic) bond motifs is 1. The van der Waals surface area contributed by atoms with Gasteiger partial charge < -0.3 is 10.0 Å². The zero-order valence-corrected chi connectivity index (χ0v) is 14.8. The lowest BCUT2D eigenvalue weighted by atomic mass is 10.1. The first-order valence-electron chi connectivity index (χ1n) is 7.01. The summed E-state index contributed by atoms with van der Waals surface area (Å²) in [5.41, 5.74) is 3.13. The average Bonchev–Trinajstić information content (AvgIpc) is 2.88. The lowest BCUT2D eigenvalue weighted by Gasteiger charge is -1.93. The Labute approximate surface area is 139 Å². The van der Waals surface area contributed by atoms with Crippen molar-refractivity contribution in [2.75, 3.05) is 21.1 Å². The smallest absolute Gasteiger partial charge is 0.115 e. The predicted molar refractivity (Wildman–Crippen MR) is 96.5 cm³/mol. The first kappa shape index (κ1) is 19.7. The van der Waals surface area contributed by atoms with Crippen molar-refractivity contribution < 1.29 is 5.11 Å². The summed E-state index contributed by atoms with van der Waals surface area (Å²) in [6, 6.07) is 17.4. The van der Waals surface area contributed by atoms with Crippen molar-refractivity contribution in [3.63, 3.8) is 0 Å². The number of phenolic OH excluding ortho intramolecular Hbond substituents is 1. The highest BCUT2D eigenvalue weighted by molar-refractivity contribution is 8.93. The van der Waals surface area contributed by atoms with E-state index in [1.807, 2.05) is 32.1 Å². The molecule has 0 aromatic heterocycles. The molecule has 0 amide bonds. The van der Waals surface area contributed by atoms with Gasteiger partial charge in [-0.05, 0) is 63.7 Å². The van der Waals surface area contributed by atoms with E-state index in [0.717, 1.165) is 0 Å². The summed E-state index contributed by atoms with van der Waals surface area (Å²) in [6.07, 6.45) is 3.96. The second kappa shape index (κ2) is 11.4. The highest BCUT2D eigenvalue weighted by atomic mass is 79.9. The summed E-state index contributed by atoms with van der Waals surface area (Å²) in [6.45, 7) is 0. The minimum atomic E-state index is 0. The molecule has 2 aromatic rings. The van der Waals surface area contributed by atoms with Crippen molar-refractivity contribution in [1.29, 1.82) is 0 Å². The van der Waals surface area contributed by atoms with Crippen molar-refractivity contribution in [2.45, 2.75) is 19.3 Å². The maximum absolute atomic E-state index is 8.63. The van der Waals surface area contributed by atoms with Crippen LogP contribution in [0, 0.1) is 0 Å². The molecule has 2 aromatic carbocycles. The average molecular weight is 352 g/mol. The molecule has 1 aliphatic carbocycles. The molecule has 0 saturated carbocycles. The Bertz CT molecular complexity index is 460. The van der Waals surface area contributed by atoms with Crippen LogP contribution in [0.2, 0.25) is 0 Å². The molecule has 0 saturated heterocycles. The summed E-state index contributed by atoms with van der Waals surface area (Å²) >= 11 is 0. The number of aryl methyl sites for hydroxylation is 2. The first-order chi connectivity index (χ1) is 9.59. The molecule has 21 heavy (non-hydrogen) atoms. The monoisotopic (exact) mass is 351 g/mol. The van der Waals surface area contributed by atoms with E-state index in [0.29, 0.717) is 5.75 Å². The van der Waals surface area contributed by atoms with Gasteiger partial charge in [0, 0.05) is 0 Å². The molecule has 3 heteroatoms. The molecule has 0 fully saturated rings. The van der Waals surface area contributed by atoms with Gasteiger partial charge in [-0.1, -0.05) is 42.5 Å². The molecule has 0 spiro atoms. The molecule has 1 N–H and O–H groups in total. The Morgan fingerprint density at radius 2 is 1.14 bits per heavy atom. The van der Waals surface area contributed by atoms with E-state index in [4.69, 9.17) is 5.11 Å². The molecule has 0 bridgehead atoms. The molecule has 1 aliphatic rings. The van der Waals surface area contributed by atoms with Gasteiger partial charge >= 0.3 is 0 Å². The third-order valence-electron chi connectivity index (χ3n) is 2.77. The number of hydrogen-bond acceptors (Lipinski definition) is 2. The largest absolute Gasteiger partial charge is 0.508 e. The van der Waals surface area contributed by atoms with Gasteiger partial charge in [-0.25, -0.2) is 0 Å². The fraction of sp³-hybridized carbons (Fsp3) is 0.333. The van der Waals surface area contributed by atoms with Crippen LogP contribution >= 0.6 is 17.0 Å². The molecule has 0 atom stereocenters. The number of phenols is 1. The van der Waals surface area contributed by atoms with Crippen LogP contribution in [0.4, 0.5) is 0 Å². The van der Waals surface area contributed by atoms with Crippen molar-refractivity contribution in [1.82, 2.24) is 4.90 Å². The van der Waals surface area contributed by atoms with Gasteiger partial charge in [0.25, 0.3) is 0 Å². The van der Waals surface area contributed by atoms with E-state index in [9.17, 15) is 0 Å². The molecular weight excluding hydrogens is 326 g/mol. The second-order valence-electron chi connectivity index (χ2n) is 5.30. The number of aromatic hydroxyl groups is 1. The fourth-order valence-electron chi connectivity index (χ4n) is 1.94. The van der Waals surface area contributed by atoms with Crippen LogP contribution in [0.15, 0.2) is 54.6 Å². The van der Waals surface area contributed by atoms with Crippen LogP contribution in [-0.2, 0) is 12.8 Å². The molecule has 0 unspecified atom stereocenters. The zero-order valence-electron chi connectivity index (χ0n) is 13.1. The van der Waals surface area contributed by atoms with Crippen LogP contribution in [0.5, 0.6) is 5.75 Å². The molecule has 3 rings (SSSR count). The van der Waals surface area contributed by atoms with E-state index < -0.39 is 0 Å². The number of nitrogens with zero attached hydrogens (tertiary/aromatic N) is 1. The molecule has 2 nitrogen and oxygen atoms in total. The predicted octanol–water partition coefficient (Wildman–Crippen LogP) is 4.32. The molecule has 0 aliphatic heterocycles. The van der Waals surface area contributed by atoms with E-state index in [2.05, 4.69) is 24.3 Å². The number of rotatable bonds is 0. The van der Waals surface area contributed by atoms with Gasteiger partial charge in [-0.15, -0.1) is 17.0 Å². The van der Waals surface area contributed by atoms with Crippen molar-refractivity contribution >= 4 is 17.0 Å². The Hall–Kier alpha value is -1.32. The highest BCUT2D eigenvalue weighted by Crippen LogP contribution is 2.20. The fourth-order valence-corrected chi connectivity index (χ4v) is 1.94. The van der Waals surface area contributed by atoms with Crippen molar-refractivity contribution in [3.8, 4) is 5.75 Å². The standard InChI is InChI=1S/C9H10.C6H6O.C3H9N.BrH/c1-2-5-9-7-3-6-8(9)4-1;7-6-4-2-1-3-5-6;1-4(2)3;/h1-2,4-5H,3,6-7H2;1-5,7H;1-3H3;1H. The SMILES string of the molecule is Br.CN(C)C.Oc1ccccc1.c1ccc2c(c1)CCC2. The second-order valence-corrected chi connectivity index (χ2v) is 5.30. The summed E-state index contributed by atoms with van der Waals surface area (Å²) in [7, 11) is 6.00. The number of halogens is 1. The minimum Gasteiger partial charge on any atom is -0.508 e. The summed E-state index contributed by atoms with van der Waals surface area (Å²) in [5, 5.41) is 8.63. The van der Waals surface area contributed by atoms with Crippen LogP contribution in [0.3, 0.4) is 0 Å². The molecule has 116 valence electrons. The summed E-state index contributed by atoms with van der Waals surface area (Å²) in [4.78, 5) is 2.00. The zero-order chi connectivity index (χ0) is 14.8. The Morgan fingerprint density at radius 1 is 0.762 bits per heavy atom. The molecule has 0 radical (unpaired) electrons. The first-order valence-corrected chi connectivity index (χ1v) is 7.01. The van der Waals surface area contributed by atoms with Crippen LogP contribution in [0.25, 0.3) is 0 Å². The number of benzene rings is 2. The Morgan fingerprint density at radius 3 is 1.48 bits per heavy atom. The third-order valence-corrected chi connectivity index (χ3v) is 2.77. The highest BCUT2D eigenvalue weighted by Gasteiger charge is 2.07. The molecular formula is C18H26BrNO. The minimum absolute atomic E-state index is 0. The molecule has 0 heterocycles. The van der Waals surface area contributed by atoms with Gasteiger partial charge in [0.05, 0.1) is 0 Å². The lowest BCUT2D eigenvalue weighted by Crippen LogP contribution is -1.99. The van der Waals surface area contributed by atoms with Crippen LogP contribution < -0.4 is 0 Å². The van der Waals surface area contributed by atoms with Crippen molar-refractivity contribution in [2.24, 2.45) is 0 Å². The van der Waals surface area contributed by atoms with E-state index in [1.165, 1.54) is 19.3 Å². The topological polar surface area (TPSA) is 23.5 Å². The van der Waals surface area contributed by atoms with Gasteiger partial charge in [0.1, 0.15) is 5.75 Å². The van der Waals surface area contributed by atoms with Gasteiger partial charge in [-0.3, -0.25) is 0 Å². The van der Waals surface area contributed by atoms with Crippen LogP contribution in [-0.4, -0.2) is 31.1 Å². The third kappa shape index (κ3) is 9.27.